The van der Waals surface area contributed by atoms with Gasteiger partial charge in [-0.05, 0) is 45.0 Å². The molecule has 0 fully saturated rings. The molecule has 0 bridgehead atoms. The molecule has 0 spiro atoms. The summed E-state index contributed by atoms with van der Waals surface area (Å²) in [7, 11) is 1.54. The molecule has 1 aromatic rings. The molecule has 4 heteroatoms. The summed E-state index contributed by atoms with van der Waals surface area (Å²) in [5, 5.41) is 0. The fourth-order valence-corrected chi connectivity index (χ4v) is 1.71. The van der Waals surface area contributed by atoms with Crippen molar-refractivity contribution in [2.24, 2.45) is 0 Å². The van der Waals surface area contributed by atoms with Gasteiger partial charge >= 0.3 is 0 Å². The molecule has 0 saturated heterocycles. The maximum Gasteiger partial charge on any atom is 0.251 e. The minimum absolute atomic E-state index is 0.124. The molecule has 2 nitrogen and oxygen atoms in total. The first-order chi connectivity index (χ1) is 8.32. The van der Waals surface area contributed by atoms with E-state index in [1.165, 1.54) is 11.9 Å². The number of hydrogen-bond acceptors (Lipinski definition) is 2. The molecule has 1 rings (SSSR count). The lowest BCUT2D eigenvalue weighted by molar-refractivity contribution is 0.0679. The van der Waals surface area contributed by atoms with Crippen molar-refractivity contribution in [3.05, 3.63) is 34.9 Å². The smallest absolute Gasteiger partial charge is 0.251 e. The first-order valence-electron chi connectivity index (χ1n) is 5.92. The predicted molar refractivity (Wildman–Crippen MR) is 68.3 cm³/mol. The summed E-state index contributed by atoms with van der Waals surface area (Å²) in [6, 6.07) is 4.89. The zero-order chi connectivity index (χ0) is 13.9. The lowest BCUT2D eigenvalue weighted by atomic mass is 10.00. The number of alkyl halides is 2. The van der Waals surface area contributed by atoms with E-state index >= 15 is 0 Å². The fourth-order valence-electron chi connectivity index (χ4n) is 1.71. The van der Waals surface area contributed by atoms with Crippen molar-refractivity contribution >= 4 is 5.78 Å². The quantitative estimate of drug-likeness (QED) is 0.754. The van der Waals surface area contributed by atoms with Crippen LogP contribution in [0.25, 0.3) is 0 Å². The number of rotatable bonds is 5. The second-order valence-electron chi connectivity index (χ2n) is 4.67. The Hall–Kier alpha value is -1.29. The van der Waals surface area contributed by atoms with Gasteiger partial charge in [-0.1, -0.05) is 12.1 Å². The van der Waals surface area contributed by atoms with Crippen molar-refractivity contribution in [2.75, 3.05) is 13.6 Å². The number of carbonyl (C=O) groups excluding carboxylic acids is 1. The van der Waals surface area contributed by atoms with E-state index < -0.39 is 19.0 Å². The Kier molecular flexibility index (Phi) is 4.96. The van der Waals surface area contributed by atoms with Crippen LogP contribution in [0.2, 0.25) is 0 Å². The van der Waals surface area contributed by atoms with E-state index in [1.807, 2.05) is 26.0 Å². The molecule has 0 aliphatic carbocycles. The molecule has 0 amide bonds. The van der Waals surface area contributed by atoms with E-state index in [4.69, 9.17) is 0 Å². The molecule has 0 aromatic heterocycles. The lowest BCUT2D eigenvalue weighted by Crippen LogP contribution is -2.38. The Morgan fingerprint density at radius 2 is 1.89 bits per heavy atom. The number of ketones is 1. The average Bonchev–Trinajstić information content (AvgIpc) is 2.30. The average molecular weight is 255 g/mol. The number of hydrogen-bond donors (Lipinski definition) is 0. The topological polar surface area (TPSA) is 20.3 Å². The number of benzene rings is 1. The van der Waals surface area contributed by atoms with Crippen molar-refractivity contribution < 1.29 is 13.6 Å². The van der Waals surface area contributed by atoms with Crippen LogP contribution in [0.5, 0.6) is 0 Å². The van der Waals surface area contributed by atoms with Gasteiger partial charge in [0, 0.05) is 5.56 Å². The molecule has 1 unspecified atom stereocenters. The van der Waals surface area contributed by atoms with E-state index in [0.717, 1.165) is 11.1 Å². The molecule has 18 heavy (non-hydrogen) atoms. The van der Waals surface area contributed by atoms with Crippen LogP contribution in [0.4, 0.5) is 8.78 Å². The Bertz CT molecular complexity index is 432. The van der Waals surface area contributed by atoms with Crippen LogP contribution in [0.15, 0.2) is 18.2 Å². The highest BCUT2D eigenvalue weighted by Crippen LogP contribution is 2.14. The van der Waals surface area contributed by atoms with Gasteiger partial charge in [0.2, 0.25) is 0 Å². The molecule has 0 saturated carbocycles. The Balaban J connectivity index is 2.82. The maximum absolute atomic E-state index is 12.3. The van der Waals surface area contributed by atoms with Gasteiger partial charge in [0.05, 0.1) is 12.6 Å². The van der Waals surface area contributed by atoms with E-state index in [0.29, 0.717) is 5.56 Å². The molecular weight excluding hydrogens is 236 g/mol. The minimum Gasteiger partial charge on any atom is -0.292 e. The summed E-state index contributed by atoms with van der Waals surface area (Å²) < 4.78 is 24.6. The largest absolute Gasteiger partial charge is 0.292 e. The van der Waals surface area contributed by atoms with Crippen LogP contribution in [-0.4, -0.2) is 36.7 Å². The van der Waals surface area contributed by atoms with Gasteiger partial charge in [-0.25, -0.2) is 8.78 Å². The first kappa shape index (κ1) is 14.8. The van der Waals surface area contributed by atoms with Crippen LogP contribution in [0.1, 0.15) is 28.4 Å². The highest BCUT2D eigenvalue weighted by atomic mass is 19.3. The van der Waals surface area contributed by atoms with E-state index in [2.05, 4.69) is 0 Å². The lowest BCUT2D eigenvalue weighted by Gasteiger charge is -2.23. The van der Waals surface area contributed by atoms with Gasteiger partial charge in [0.1, 0.15) is 0 Å². The Morgan fingerprint density at radius 3 is 2.39 bits per heavy atom. The number of carbonyl (C=O) groups is 1. The maximum atomic E-state index is 12.3. The summed E-state index contributed by atoms with van der Waals surface area (Å²) in [4.78, 5) is 13.5. The van der Waals surface area contributed by atoms with E-state index in [1.54, 1.807) is 13.0 Å². The minimum atomic E-state index is -2.43. The van der Waals surface area contributed by atoms with Crippen molar-refractivity contribution in [3.63, 3.8) is 0 Å². The van der Waals surface area contributed by atoms with Crippen molar-refractivity contribution in [1.82, 2.24) is 4.90 Å². The summed E-state index contributed by atoms with van der Waals surface area (Å²) in [6.07, 6.45) is -2.43. The van der Waals surface area contributed by atoms with E-state index in [-0.39, 0.29) is 5.78 Å². The van der Waals surface area contributed by atoms with Gasteiger partial charge in [-0.3, -0.25) is 9.69 Å². The monoisotopic (exact) mass is 255 g/mol. The molecule has 100 valence electrons. The highest BCUT2D eigenvalue weighted by molar-refractivity contribution is 6.00. The zero-order valence-corrected chi connectivity index (χ0v) is 11.2. The third kappa shape index (κ3) is 3.60. The molecule has 0 heterocycles. The SMILES string of the molecule is Cc1ccc(C(=O)C(C)N(C)CC(F)F)cc1C. The van der Waals surface area contributed by atoms with Crippen LogP contribution in [0, 0.1) is 13.8 Å². The molecule has 1 aromatic carbocycles. The predicted octanol–water partition coefficient (Wildman–Crippen LogP) is 3.07. The van der Waals surface area contributed by atoms with Crippen molar-refractivity contribution in [1.29, 1.82) is 0 Å². The zero-order valence-electron chi connectivity index (χ0n) is 11.2. The van der Waals surface area contributed by atoms with Gasteiger partial charge in [-0.15, -0.1) is 0 Å². The molecular formula is C14H19F2NO. The van der Waals surface area contributed by atoms with Crippen LogP contribution >= 0.6 is 0 Å². The second kappa shape index (κ2) is 6.05. The normalized spacial score (nSPS) is 13.1. The molecule has 0 radical (unpaired) electrons. The van der Waals surface area contributed by atoms with Crippen molar-refractivity contribution in [2.45, 2.75) is 33.2 Å². The van der Waals surface area contributed by atoms with Crippen LogP contribution in [0.3, 0.4) is 0 Å². The van der Waals surface area contributed by atoms with Gasteiger partial charge in [0.15, 0.2) is 5.78 Å². The number of halogens is 2. The number of Topliss-reactive ketones (excluding diaryl/α,β-unsaturated/α-hetero) is 1. The first-order valence-corrected chi connectivity index (χ1v) is 5.92. The third-order valence-electron chi connectivity index (χ3n) is 3.26. The molecule has 0 aliphatic heterocycles. The van der Waals surface area contributed by atoms with E-state index in [9.17, 15) is 13.6 Å². The molecule has 0 aliphatic rings. The number of likely N-dealkylation sites (N-methyl/N-ethyl adjacent to an activating group) is 1. The van der Waals surface area contributed by atoms with Crippen LogP contribution < -0.4 is 0 Å². The summed E-state index contributed by atoms with van der Waals surface area (Å²) in [6.45, 7) is 5.16. The highest BCUT2D eigenvalue weighted by Gasteiger charge is 2.22. The van der Waals surface area contributed by atoms with Gasteiger partial charge in [0.25, 0.3) is 6.43 Å². The summed E-state index contributed by atoms with van der Waals surface area (Å²) in [5.41, 5.74) is 2.72. The van der Waals surface area contributed by atoms with Crippen LogP contribution in [-0.2, 0) is 0 Å². The number of nitrogens with zero attached hydrogens (tertiary/aromatic N) is 1. The Labute approximate surface area is 107 Å². The van der Waals surface area contributed by atoms with Crippen molar-refractivity contribution in [3.8, 4) is 0 Å². The third-order valence-corrected chi connectivity index (χ3v) is 3.26. The fraction of sp³-hybridized carbons (Fsp3) is 0.500. The van der Waals surface area contributed by atoms with Gasteiger partial charge in [-0.2, -0.15) is 0 Å². The summed E-state index contributed by atoms with van der Waals surface area (Å²) >= 11 is 0. The molecule has 1 atom stereocenters. The number of aryl methyl sites for hydroxylation is 2. The second-order valence-corrected chi connectivity index (χ2v) is 4.67. The standard InChI is InChI=1S/C14H19F2NO/c1-9-5-6-12(7-10(9)2)14(18)11(3)17(4)8-13(15)16/h5-7,11,13H,8H2,1-4H3. The van der Waals surface area contributed by atoms with Gasteiger partial charge < -0.3 is 0 Å². The Morgan fingerprint density at radius 1 is 1.28 bits per heavy atom. The summed E-state index contributed by atoms with van der Waals surface area (Å²) in [5.74, 6) is -0.124. The molecule has 0 N–H and O–H groups in total.